The summed E-state index contributed by atoms with van der Waals surface area (Å²) >= 11 is 0. The molecule has 7 nitrogen and oxygen atoms in total. The van der Waals surface area contributed by atoms with Crippen LogP contribution in [0.2, 0.25) is 0 Å². The minimum Gasteiger partial charge on any atom is -0.355 e. The number of nitrogens with one attached hydrogen (secondary N) is 1. The SMILES string of the molecule is CCNC(=O)[C@@H](Cc1ccccc1)N(Cc1ccc(F)cc1)C(=O)CN(c1cccc2ccccc12)S(C)(=O)=O. The minimum atomic E-state index is -3.90. The van der Waals surface area contributed by atoms with E-state index >= 15 is 0 Å². The second-order valence-corrected chi connectivity index (χ2v) is 11.4. The molecule has 40 heavy (non-hydrogen) atoms. The molecule has 0 fully saturated rings. The highest BCUT2D eigenvalue weighted by Crippen LogP contribution is 2.29. The number of anilines is 1. The van der Waals surface area contributed by atoms with Crippen molar-refractivity contribution in [1.29, 1.82) is 0 Å². The van der Waals surface area contributed by atoms with Crippen LogP contribution in [0.15, 0.2) is 97.1 Å². The third-order valence-corrected chi connectivity index (χ3v) is 7.73. The van der Waals surface area contributed by atoms with Gasteiger partial charge in [-0.05, 0) is 41.6 Å². The summed E-state index contributed by atoms with van der Waals surface area (Å²) in [7, 11) is -3.90. The van der Waals surface area contributed by atoms with Crippen molar-refractivity contribution in [3.63, 3.8) is 0 Å². The molecule has 0 saturated carbocycles. The first-order valence-electron chi connectivity index (χ1n) is 13.0. The number of likely N-dealkylation sites (N-methyl/N-ethyl adjacent to an activating group) is 1. The zero-order chi connectivity index (χ0) is 28.7. The van der Waals surface area contributed by atoms with Crippen LogP contribution >= 0.6 is 0 Å². The topological polar surface area (TPSA) is 86.8 Å². The summed E-state index contributed by atoms with van der Waals surface area (Å²) in [4.78, 5) is 28.8. The number of nitrogens with zero attached hydrogens (tertiary/aromatic N) is 2. The molecule has 4 rings (SSSR count). The third kappa shape index (κ3) is 7.04. The standard InChI is InChI=1S/C31H32FN3O4S/c1-3-33-31(37)29(20-23-10-5-4-6-11-23)34(21-24-16-18-26(32)19-17-24)30(36)22-35(40(2,38)39)28-15-9-13-25-12-7-8-14-27(25)28/h4-19,29H,3,20-22H2,1-2H3,(H,33,37)/t29-/m1/s1. The number of fused-ring (bicyclic) bond motifs is 1. The van der Waals surface area contributed by atoms with Gasteiger partial charge in [-0.1, -0.05) is 78.9 Å². The molecule has 0 spiro atoms. The summed E-state index contributed by atoms with van der Waals surface area (Å²) < 4.78 is 40.9. The number of rotatable bonds is 11. The van der Waals surface area contributed by atoms with Gasteiger partial charge in [-0.2, -0.15) is 0 Å². The van der Waals surface area contributed by atoms with Crippen molar-refractivity contribution >= 4 is 38.3 Å². The number of sulfonamides is 1. The molecule has 0 aliphatic rings. The first kappa shape index (κ1) is 28.8. The lowest BCUT2D eigenvalue weighted by molar-refractivity contribution is -0.140. The lowest BCUT2D eigenvalue weighted by atomic mass is 10.0. The Balaban J connectivity index is 1.77. The maximum Gasteiger partial charge on any atom is 0.244 e. The van der Waals surface area contributed by atoms with Crippen molar-refractivity contribution in [2.45, 2.75) is 25.9 Å². The molecular weight excluding hydrogens is 529 g/mol. The highest BCUT2D eigenvalue weighted by molar-refractivity contribution is 7.92. The smallest absolute Gasteiger partial charge is 0.244 e. The van der Waals surface area contributed by atoms with Gasteiger partial charge in [-0.15, -0.1) is 0 Å². The Morgan fingerprint density at radius 2 is 1.50 bits per heavy atom. The summed E-state index contributed by atoms with van der Waals surface area (Å²) in [6, 6.07) is 26.6. The maximum atomic E-state index is 14.1. The largest absolute Gasteiger partial charge is 0.355 e. The van der Waals surface area contributed by atoms with Gasteiger partial charge in [-0.3, -0.25) is 13.9 Å². The fourth-order valence-corrected chi connectivity index (χ4v) is 5.51. The van der Waals surface area contributed by atoms with Crippen molar-refractivity contribution in [2.24, 2.45) is 0 Å². The summed E-state index contributed by atoms with van der Waals surface area (Å²) in [5.74, 6) is -1.35. The van der Waals surface area contributed by atoms with Crippen molar-refractivity contribution in [3.05, 3.63) is 114 Å². The van der Waals surface area contributed by atoms with Gasteiger partial charge in [0, 0.05) is 24.9 Å². The Morgan fingerprint density at radius 1 is 0.850 bits per heavy atom. The van der Waals surface area contributed by atoms with E-state index in [1.165, 1.54) is 17.0 Å². The second-order valence-electron chi connectivity index (χ2n) is 9.52. The van der Waals surface area contributed by atoms with Crippen molar-refractivity contribution in [3.8, 4) is 0 Å². The van der Waals surface area contributed by atoms with E-state index in [1.54, 1.807) is 43.3 Å². The predicted molar refractivity (Wildman–Crippen MR) is 156 cm³/mol. The van der Waals surface area contributed by atoms with Crippen LogP contribution in [0, 0.1) is 5.82 Å². The monoisotopic (exact) mass is 561 g/mol. The molecule has 1 N–H and O–H groups in total. The molecule has 0 heterocycles. The molecule has 0 aromatic heterocycles. The van der Waals surface area contributed by atoms with E-state index in [-0.39, 0.29) is 18.9 Å². The van der Waals surface area contributed by atoms with E-state index in [9.17, 15) is 22.4 Å². The number of hydrogen-bond acceptors (Lipinski definition) is 4. The molecule has 1 atom stereocenters. The molecule has 0 unspecified atom stereocenters. The zero-order valence-electron chi connectivity index (χ0n) is 22.5. The summed E-state index contributed by atoms with van der Waals surface area (Å²) in [6.45, 7) is 1.61. The Kier molecular flexibility index (Phi) is 9.16. The van der Waals surface area contributed by atoms with Crippen LogP contribution in [-0.4, -0.2) is 50.5 Å². The maximum absolute atomic E-state index is 14.1. The summed E-state index contributed by atoms with van der Waals surface area (Å²) in [6.07, 6.45) is 1.27. The van der Waals surface area contributed by atoms with Gasteiger partial charge in [0.15, 0.2) is 0 Å². The van der Waals surface area contributed by atoms with E-state index in [0.29, 0.717) is 23.2 Å². The van der Waals surface area contributed by atoms with Crippen LogP contribution < -0.4 is 9.62 Å². The molecule has 208 valence electrons. The molecule has 0 aliphatic carbocycles. The van der Waals surface area contributed by atoms with E-state index < -0.39 is 34.3 Å². The van der Waals surface area contributed by atoms with Crippen LogP contribution in [0.4, 0.5) is 10.1 Å². The van der Waals surface area contributed by atoms with Crippen LogP contribution in [-0.2, 0) is 32.6 Å². The molecule has 0 radical (unpaired) electrons. The predicted octanol–water partition coefficient (Wildman–Crippen LogP) is 4.52. The van der Waals surface area contributed by atoms with Crippen LogP contribution in [0.5, 0.6) is 0 Å². The highest BCUT2D eigenvalue weighted by Gasteiger charge is 2.33. The Hall–Kier alpha value is -4.24. The molecule has 9 heteroatoms. The summed E-state index contributed by atoms with van der Waals surface area (Å²) in [5, 5.41) is 4.32. The molecule has 0 saturated heterocycles. The number of benzene rings is 4. The fourth-order valence-electron chi connectivity index (χ4n) is 4.65. The highest BCUT2D eigenvalue weighted by atomic mass is 32.2. The average molecular weight is 562 g/mol. The lowest BCUT2D eigenvalue weighted by Crippen LogP contribution is -2.53. The third-order valence-electron chi connectivity index (χ3n) is 6.60. The number of carbonyl (C=O) groups is 2. The Labute approximate surface area is 234 Å². The van der Waals surface area contributed by atoms with Crippen LogP contribution in [0.3, 0.4) is 0 Å². The van der Waals surface area contributed by atoms with Gasteiger partial charge < -0.3 is 10.2 Å². The zero-order valence-corrected chi connectivity index (χ0v) is 23.3. The van der Waals surface area contributed by atoms with E-state index in [4.69, 9.17) is 0 Å². The van der Waals surface area contributed by atoms with E-state index in [1.807, 2.05) is 48.5 Å². The Bertz CT molecular complexity index is 1570. The lowest BCUT2D eigenvalue weighted by Gasteiger charge is -2.33. The van der Waals surface area contributed by atoms with Gasteiger partial charge in [0.05, 0.1) is 11.9 Å². The molecule has 0 bridgehead atoms. The van der Waals surface area contributed by atoms with Gasteiger partial charge >= 0.3 is 0 Å². The van der Waals surface area contributed by atoms with Gasteiger partial charge in [-0.25, -0.2) is 12.8 Å². The number of carbonyl (C=O) groups excluding carboxylic acids is 2. The normalized spacial score (nSPS) is 12.1. The molecular formula is C31H32FN3O4S. The number of halogens is 1. The van der Waals surface area contributed by atoms with E-state index in [2.05, 4.69) is 5.32 Å². The molecule has 4 aromatic rings. The first-order valence-corrected chi connectivity index (χ1v) is 14.8. The quantitative estimate of drug-likeness (QED) is 0.292. The molecule has 4 aromatic carbocycles. The van der Waals surface area contributed by atoms with Gasteiger partial charge in [0.2, 0.25) is 21.8 Å². The van der Waals surface area contributed by atoms with Gasteiger partial charge in [0.1, 0.15) is 18.4 Å². The van der Waals surface area contributed by atoms with E-state index in [0.717, 1.165) is 21.5 Å². The first-order chi connectivity index (χ1) is 19.2. The van der Waals surface area contributed by atoms with Crippen LogP contribution in [0.1, 0.15) is 18.1 Å². The average Bonchev–Trinajstić information content (AvgIpc) is 2.94. The minimum absolute atomic E-state index is 0.0130. The second kappa shape index (κ2) is 12.7. The fraction of sp³-hybridized carbons (Fsp3) is 0.226. The Morgan fingerprint density at radius 3 is 2.17 bits per heavy atom. The van der Waals surface area contributed by atoms with Crippen molar-refractivity contribution < 1.29 is 22.4 Å². The molecule has 2 amide bonds. The number of hydrogen-bond donors (Lipinski definition) is 1. The number of amides is 2. The molecule has 0 aliphatic heterocycles. The van der Waals surface area contributed by atoms with Crippen molar-refractivity contribution in [1.82, 2.24) is 10.2 Å². The van der Waals surface area contributed by atoms with Gasteiger partial charge in [0.25, 0.3) is 0 Å². The summed E-state index contributed by atoms with van der Waals surface area (Å²) in [5.41, 5.74) is 1.81. The van der Waals surface area contributed by atoms with Crippen LogP contribution in [0.25, 0.3) is 10.8 Å². The van der Waals surface area contributed by atoms with Crippen molar-refractivity contribution in [2.75, 3.05) is 23.7 Å².